The Morgan fingerprint density at radius 3 is 2.94 bits per heavy atom. The number of nitrogens with zero attached hydrogens (tertiary/aromatic N) is 2. The fourth-order valence-electron chi connectivity index (χ4n) is 2.80. The van der Waals surface area contributed by atoms with Gasteiger partial charge in [0.25, 0.3) is 0 Å². The van der Waals surface area contributed by atoms with E-state index in [1.807, 2.05) is 12.4 Å². The van der Waals surface area contributed by atoms with E-state index in [1.54, 1.807) is 0 Å². The molecule has 2 N–H and O–H groups in total. The highest BCUT2D eigenvalue weighted by Gasteiger charge is 2.30. The zero-order valence-corrected chi connectivity index (χ0v) is 11.5. The summed E-state index contributed by atoms with van der Waals surface area (Å²) in [7, 11) is 0. The maximum Gasteiger partial charge on any atom is 0.110 e. The second kappa shape index (κ2) is 6.34. The van der Waals surface area contributed by atoms with Crippen molar-refractivity contribution in [3.8, 4) is 0 Å². The third-order valence-corrected chi connectivity index (χ3v) is 3.82. The van der Waals surface area contributed by atoms with Crippen LogP contribution in [0.4, 0.5) is 0 Å². The van der Waals surface area contributed by atoms with Gasteiger partial charge in [0.05, 0.1) is 6.10 Å². The molecule has 0 aromatic carbocycles. The molecular weight excluding hydrogens is 226 g/mol. The molecule has 1 fully saturated rings. The van der Waals surface area contributed by atoms with E-state index in [0.29, 0.717) is 6.10 Å². The van der Waals surface area contributed by atoms with Crippen LogP contribution in [0.1, 0.15) is 38.9 Å². The number of nitrogens with two attached hydrogens (primary N) is 1. The summed E-state index contributed by atoms with van der Waals surface area (Å²) in [5, 5.41) is 0. The summed E-state index contributed by atoms with van der Waals surface area (Å²) in [6.07, 6.45) is 8.73. The molecule has 4 nitrogen and oxygen atoms in total. The summed E-state index contributed by atoms with van der Waals surface area (Å²) >= 11 is 0. The van der Waals surface area contributed by atoms with E-state index < -0.39 is 0 Å². The lowest BCUT2D eigenvalue weighted by Crippen LogP contribution is -2.37. The molecule has 0 amide bonds. The van der Waals surface area contributed by atoms with E-state index in [-0.39, 0.29) is 6.04 Å². The Hall–Kier alpha value is -0.870. The highest BCUT2D eigenvalue weighted by molar-refractivity contribution is 4.96. The van der Waals surface area contributed by atoms with Gasteiger partial charge in [0.2, 0.25) is 0 Å². The van der Waals surface area contributed by atoms with Gasteiger partial charge in [-0.1, -0.05) is 0 Å². The van der Waals surface area contributed by atoms with E-state index in [9.17, 15) is 0 Å². The zero-order chi connectivity index (χ0) is 13.0. The first-order chi connectivity index (χ1) is 8.72. The van der Waals surface area contributed by atoms with Crippen LogP contribution < -0.4 is 5.73 Å². The molecule has 1 saturated carbocycles. The molecule has 1 heterocycles. The van der Waals surface area contributed by atoms with Crippen LogP contribution >= 0.6 is 0 Å². The van der Waals surface area contributed by atoms with E-state index in [2.05, 4.69) is 23.4 Å². The average Bonchev–Trinajstić information content (AvgIpc) is 2.73. The summed E-state index contributed by atoms with van der Waals surface area (Å²) in [6, 6.07) is 0.227. The number of imidazole rings is 1. The van der Waals surface area contributed by atoms with E-state index >= 15 is 0 Å². The second-order valence-electron chi connectivity index (χ2n) is 5.24. The topological polar surface area (TPSA) is 53.1 Å². The molecule has 1 aromatic rings. The number of rotatable bonds is 7. The third kappa shape index (κ3) is 3.33. The van der Waals surface area contributed by atoms with Crippen molar-refractivity contribution in [1.29, 1.82) is 0 Å². The average molecular weight is 251 g/mol. The zero-order valence-electron chi connectivity index (χ0n) is 11.5. The van der Waals surface area contributed by atoms with Crippen LogP contribution in [0.25, 0.3) is 0 Å². The lowest BCUT2D eigenvalue weighted by atomic mass is 9.78. The minimum Gasteiger partial charge on any atom is -0.378 e. The molecule has 1 aliphatic carbocycles. The van der Waals surface area contributed by atoms with Crippen LogP contribution in [-0.4, -0.2) is 28.3 Å². The normalized spacial score (nSPS) is 24.8. The fraction of sp³-hybridized carbons (Fsp3) is 0.786. The van der Waals surface area contributed by atoms with Crippen LogP contribution in [-0.2, 0) is 17.7 Å². The number of hydrogen-bond donors (Lipinski definition) is 1. The first-order valence-corrected chi connectivity index (χ1v) is 7.10. The van der Waals surface area contributed by atoms with Gasteiger partial charge in [-0.2, -0.15) is 0 Å². The summed E-state index contributed by atoms with van der Waals surface area (Å²) in [5.41, 5.74) is 6.22. The van der Waals surface area contributed by atoms with Crippen molar-refractivity contribution < 1.29 is 4.74 Å². The SMILES string of the molecule is CCOC1CC(CC(N)Cc2nccn2CC)C1. The van der Waals surface area contributed by atoms with Gasteiger partial charge in [-0.05, 0) is 39.0 Å². The maximum absolute atomic E-state index is 6.22. The molecule has 1 aromatic heterocycles. The van der Waals surface area contributed by atoms with Gasteiger partial charge >= 0.3 is 0 Å². The summed E-state index contributed by atoms with van der Waals surface area (Å²) in [4.78, 5) is 4.38. The Kier molecular flexibility index (Phi) is 4.78. The number of hydrogen-bond acceptors (Lipinski definition) is 3. The second-order valence-corrected chi connectivity index (χ2v) is 5.24. The lowest BCUT2D eigenvalue weighted by Gasteiger charge is -2.36. The molecule has 0 radical (unpaired) electrons. The highest BCUT2D eigenvalue weighted by atomic mass is 16.5. The van der Waals surface area contributed by atoms with Crippen molar-refractivity contribution in [1.82, 2.24) is 9.55 Å². The van der Waals surface area contributed by atoms with Gasteiger partial charge in [-0.15, -0.1) is 0 Å². The van der Waals surface area contributed by atoms with Crippen molar-refractivity contribution in [3.63, 3.8) is 0 Å². The first-order valence-electron chi connectivity index (χ1n) is 7.10. The summed E-state index contributed by atoms with van der Waals surface area (Å²) < 4.78 is 7.74. The molecular formula is C14H25N3O. The molecule has 18 heavy (non-hydrogen) atoms. The minimum absolute atomic E-state index is 0.227. The molecule has 0 aliphatic heterocycles. The van der Waals surface area contributed by atoms with E-state index in [1.165, 1.54) is 12.8 Å². The number of ether oxygens (including phenoxy) is 1. The van der Waals surface area contributed by atoms with E-state index in [4.69, 9.17) is 10.5 Å². The molecule has 1 aliphatic rings. The van der Waals surface area contributed by atoms with Crippen LogP contribution in [0.5, 0.6) is 0 Å². The third-order valence-electron chi connectivity index (χ3n) is 3.82. The molecule has 1 unspecified atom stereocenters. The predicted molar refractivity (Wildman–Crippen MR) is 72.3 cm³/mol. The first kappa shape index (κ1) is 13.6. The molecule has 4 heteroatoms. The Labute approximate surface area is 110 Å². The predicted octanol–water partition coefficient (Wildman–Crippen LogP) is 1.98. The molecule has 102 valence electrons. The van der Waals surface area contributed by atoms with Crippen LogP contribution in [0, 0.1) is 5.92 Å². The summed E-state index contributed by atoms with van der Waals surface area (Å²) in [5.74, 6) is 1.87. The van der Waals surface area contributed by atoms with Crippen molar-refractivity contribution in [2.24, 2.45) is 11.7 Å². The van der Waals surface area contributed by atoms with Crippen LogP contribution in [0.3, 0.4) is 0 Å². The highest BCUT2D eigenvalue weighted by Crippen LogP contribution is 2.33. The van der Waals surface area contributed by atoms with E-state index in [0.717, 1.165) is 37.7 Å². The van der Waals surface area contributed by atoms with Crippen LogP contribution in [0.2, 0.25) is 0 Å². The quantitative estimate of drug-likeness (QED) is 0.806. The molecule has 2 rings (SSSR count). The smallest absolute Gasteiger partial charge is 0.110 e. The van der Waals surface area contributed by atoms with Crippen molar-refractivity contribution in [2.75, 3.05) is 6.61 Å². The number of aryl methyl sites for hydroxylation is 1. The Balaban J connectivity index is 1.71. The maximum atomic E-state index is 6.22. The van der Waals surface area contributed by atoms with Gasteiger partial charge in [0.1, 0.15) is 5.82 Å². The van der Waals surface area contributed by atoms with Gasteiger partial charge in [-0.25, -0.2) is 4.98 Å². The fourth-order valence-corrected chi connectivity index (χ4v) is 2.80. The monoisotopic (exact) mass is 251 g/mol. The van der Waals surface area contributed by atoms with Gasteiger partial charge in [0.15, 0.2) is 0 Å². The van der Waals surface area contributed by atoms with Gasteiger partial charge in [0, 0.05) is 38.0 Å². The molecule has 0 bridgehead atoms. The Morgan fingerprint density at radius 2 is 2.28 bits per heavy atom. The van der Waals surface area contributed by atoms with Crippen LogP contribution in [0.15, 0.2) is 12.4 Å². The molecule has 0 saturated heterocycles. The standard InChI is InChI=1S/C14H25N3O/c1-3-17-6-5-16-14(17)10-12(15)7-11-8-13(9-11)18-4-2/h5-6,11-13H,3-4,7-10,15H2,1-2H3. The van der Waals surface area contributed by atoms with Crippen molar-refractivity contribution in [3.05, 3.63) is 18.2 Å². The Morgan fingerprint density at radius 1 is 1.50 bits per heavy atom. The molecule has 0 spiro atoms. The Bertz CT molecular complexity index is 358. The summed E-state index contributed by atoms with van der Waals surface area (Å²) in [6.45, 7) is 5.99. The van der Waals surface area contributed by atoms with Gasteiger partial charge < -0.3 is 15.0 Å². The minimum atomic E-state index is 0.227. The van der Waals surface area contributed by atoms with Gasteiger partial charge in [-0.3, -0.25) is 0 Å². The lowest BCUT2D eigenvalue weighted by molar-refractivity contribution is -0.0281. The van der Waals surface area contributed by atoms with Crippen molar-refractivity contribution in [2.45, 2.75) is 58.2 Å². The largest absolute Gasteiger partial charge is 0.378 e. The van der Waals surface area contributed by atoms with Crippen molar-refractivity contribution >= 4 is 0 Å². The molecule has 1 atom stereocenters. The number of aromatic nitrogens is 2.